The largest absolute Gasteiger partial charge is 0.326 e. The summed E-state index contributed by atoms with van der Waals surface area (Å²) in [6.07, 6.45) is 10.2. The fourth-order valence-corrected chi connectivity index (χ4v) is 4.85. The molecule has 0 saturated heterocycles. The molecular formula is C23H33N3OS. The average Bonchev–Trinajstić information content (AvgIpc) is 3.09. The molecule has 0 atom stereocenters. The fraction of sp³-hybridized carbons (Fsp3) is 0.565. The summed E-state index contributed by atoms with van der Waals surface area (Å²) in [6, 6.07) is 8.70. The van der Waals surface area contributed by atoms with Crippen molar-refractivity contribution in [3.05, 3.63) is 45.7 Å². The molecule has 5 heteroatoms. The normalized spacial score (nSPS) is 15.7. The van der Waals surface area contributed by atoms with Gasteiger partial charge in [0.1, 0.15) is 0 Å². The third-order valence-electron chi connectivity index (χ3n) is 5.46. The van der Waals surface area contributed by atoms with Gasteiger partial charge in [-0.3, -0.25) is 9.79 Å². The molecule has 1 aliphatic carbocycles. The highest BCUT2D eigenvalue weighted by molar-refractivity contribution is 7.07. The van der Waals surface area contributed by atoms with Crippen LogP contribution in [-0.2, 0) is 24.2 Å². The number of aromatic nitrogens is 1. The molecule has 2 aromatic rings. The van der Waals surface area contributed by atoms with Crippen LogP contribution < -0.4 is 10.1 Å². The number of nitrogens with zero attached hydrogens (tertiary/aromatic N) is 2. The van der Waals surface area contributed by atoms with Crippen molar-refractivity contribution in [2.75, 3.05) is 5.32 Å². The summed E-state index contributed by atoms with van der Waals surface area (Å²) in [5, 5.41) is 5.13. The first-order valence-electron chi connectivity index (χ1n) is 10.8. The molecule has 1 heterocycles. The van der Waals surface area contributed by atoms with E-state index in [-0.39, 0.29) is 5.91 Å². The van der Waals surface area contributed by atoms with E-state index >= 15 is 0 Å². The zero-order chi connectivity index (χ0) is 19.8. The van der Waals surface area contributed by atoms with Gasteiger partial charge in [-0.25, -0.2) is 0 Å². The smallest absolute Gasteiger partial charge is 0.230 e. The van der Waals surface area contributed by atoms with Crippen LogP contribution >= 0.6 is 11.3 Å². The Morgan fingerprint density at radius 3 is 2.61 bits per heavy atom. The van der Waals surface area contributed by atoms with Gasteiger partial charge < -0.3 is 9.88 Å². The molecule has 152 valence electrons. The standard InChI is InChI=1S/C23H33N3OS/c1-3-5-9-18-12-14-20(15-13-18)24-22(27)16-21-17-28-23(26(21)4-2)25-19-10-7-6-8-11-19/h12-15,17,19H,3-11,16H2,1-2H3,(H,24,27). The summed E-state index contributed by atoms with van der Waals surface area (Å²) in [6.45, 7) is 5.18. The van der Waals surface area contributed by atoms with Gasteiger partial charge in [-0.2, -0.15) is 0 Å². The van der Waals surface area contributed by atoms with Crippen molar-refractivity contribution in [2.45, 2.75) is 84.2 Å². The molecule has 1 aliphatic rings. The van der Waals surface area contributed by atoms with Gasteiger partial charge in [0.2, 0.25) is 5.91 Å². The molecule has 4 nitrogen and oxygen atoms in total. The second-order valence-electron chi connectivity index (χ2n) is 7.70. The Balaban J connectivity index is 1.63. The second-order valence-corrected chi connectivity index (χ2v) is 8.54. The lowest BCUT2D eigenvalue weighted by atomic mass is 9.96. The van der Waals surface area contributed by atoms with Gasteiger partial charge in [-0.05, 0) is 50.3 Å². The van der Waals surface area contributed by atoms with Gasteiger partial charge in [0.25, 0.3) is 0 Å². The molecule has 0 spiro atoms. The topological polar surface area (TPSA) is 46.4 Å². The van der Waals surface area contributed by atoms with E-state index in [4.69, 9.17) is 4.99 Å². The van der Waals surface area contributed by atoms with Gasteiger partial charge in [0.15, 0.2) is 4.80 Å². The number of hydrogen-bond donors (Lipinski definition) is 1. The second kappa shape index (κ2) is 10.6. The predicted molar refractivity (Wildman–Crippen MR) is 118 cm³/mol. The van der Waals surface area contributed by atoms with E-state index in [9.17, 15) is 4.79 Å². The van der Waals surface area contributed by atoms with E-state index in [0.717, 1.165) is 29.1 Å². The predicted octanol–water partition coefficient (Wildman–Crippen LogP) is 5.33. The highest BCUT2D eigenvalue weighted by atomic mass is 32.1. The fourth-order valence-electron chi connectivity index (χ4n) is 3.82. The van der Waals surface area contributed by atoms with Crippen molar-refractivity contribution in [3.63, 3.8) is 0 Å². The Bertz CT molecular complexity index is 813. The first-order chi connectivity index (χ1) is 13.7. The first kappa shape index (κ1) is 20.8. The minimum Gasteiger partial charge on any atom is -0.326 e. The van der Waals surface area contributed by atoms with Crippen LogP contribution in [-0.4, -0.2) is 16.5 Å². The molecule has 0 aliphatic heterocycles. The maximum atomic E-state index is 12.6. The van der Waals surface area contributed by atoms with Gasteiger partial charge in [-0.15, -0.1) is 11.3 Å². The molecule has 3 rings (SSSR count). The molecule has 1 saturated carbocycles. The van der Waals surface area contributed by atoms with Crippen LogP contribution in [0.5, 0.6) is 0 Å². The van der Waals surface area contributed by atoms with Crippen molar-refractivity contribution >= 4 is 22.9 Å². The lowest BCUT2D eigenvalue weighted by Crippen LogP contribution is -2.23. The number of carbonyl (C=O) groups excluding carboxylic acids is 1. The van der Waals surface area contributed by atoms with Crippen molar-refractivity contribution in [1.29, 1.82) is 0 Å². The summed E-state index contributed by atoms with van der Waals surface area (Å²) >= 11 is 1.67. The van der Waals surface area contributed by atoms with E-state index in [1.807, 2.05) is 12.1 Å². The molecule has 28 heavy (non-hydrogen) atoms. The summed E-state index contributed by atoms with van der Waals surface area (Å²) < 4.78 is 2.20. The van der Waals surface area contributed by atoms with Crippen LogP contribution in [0.1, 0.15) is 70.1 Å². The minimum atomic E-state index is 0.0329. The van der Waals surface area contributed by atoms with Crippen LogP contribution in [0.4, 0.5) is 5.69 Å². The van der Waals surface area contributed by atoms with E-state index in [2.05, 4.69) is 41.2 Å². The Kier molecular flexibility index (Phi) is 7.90. The van der Waals surface area contributed by atoms with Gasteiger partial charge >= 0.3 is 0 Å². The summed E-state index contributed by atoms with van der Waals surface area (Å²) in [4.78, 5) is 18.6. The number of anilines is 1. The number of aryl methyl sites for hydroxylation is 1. The zero-order valence-corrected chi connectivity index (χ0v) is 18.1. The van der Waals surface area contributed by atoms with Crippen molar-refractivity contribution < 1.29 is 4.79 Å². The van der Waals surface area contributed by atoms with E-state index < -0.39 is 0 Å². The van der Waals surface area contributed by atoms with Crippen LogP contribution in [0.15, 0.2) is 34.6 Å². The highest BCUT2D eigenvalue weighted by Crippen LogP contribution is 2.20. The molecule has 1 fully saturated rings. The van der Waals surface area contributed by atoms with Gasteiger partial charge in [0, 0.05) is 23.3 Å². The third kappa shape index (κ3) is 5.81. The van der Waals surface area contributed by atoms with Crippen molar-refractivity contribution in [2.24, 2.45) is 4.99 Å². The summed E-state index contributed by atoms with van der Waals surface area (Å²) in [5.74, 6) is 0.0329. The Morgan fingerprint density at radius 2 is 1.93 bits per heavy atom. The molecular weight excluding hydrogens is 366 g/mol. The number of amides is 1. The number of hydrogen-bond acceptors (Lipinski definition) is 3. The molecule has 1 aromatic carbocycles. The number of rotatable bonds is 8. The first-order valence-corrected chi connectivity index (χ1v) is 11.7. The van der Waals surface area contributed by atoms with Gasteiger partial charge in [0.05, 0.1) is 12.5 Å². The summed E-state index contributed by atoms with van der Waals surface area (Å²) in [7, 11) is 0. The maximum absolute atomic E-state index is 12.6. The van der Waals surface area contributed by atoms with E-state index in [0.29, 0.717) is 12.5 Å². The molecule has 1 N–H and O–H groups in total. The summed E-state index contributed by atoms with van der Waals surface area (Å²) in [5.41, 5.74) is 3.25. The van der Waals surface area contributed by atoms with E-state index in [1.54, 1.807) is 11.3 Å². The van der Waals surface area contributed by atoms with Crippen LogP contribution in [0.3, 0.4) is 0 Å². The third-order valence-corrected chi connectivity index (χ3v) is 6.39. The molecule has 1 aromatic heterocycles. The molecule has 0 radical (unpaired) electrons. The lowest BCUT2D eigenvalue weighted by Gasteiger charge is -2.17. The van der Waals surface area contributed by atoms with Crippen LogP contribution in [0.25, 0.3) is 0 Å². The molecule has 1 amide bonds. The Morgan fingerprint density at radius 1 is 1.18 bits per heavy atom. The van der Waals surface area contributed by atoms with E-state index in [1.165, 1.54) is 50.5 Å². The van der Waals surface area contributed by atoms with Crippen LogP contribution in [0.2, 0.25) is 0 Å². The minimum absolute atomic E-state index is 0.0329. The number of nitrogens with one attached hydrogen (secondary N) is 1. The Hall–Kier alpha value is -1.88. The van der Waals surface area contributed by atoms with Gasteiger partial charge in [-0.1, -0.05) is 44.7 Å². The number of unbranched alkanes of at least 4 members (excludes halogenated alkanes) is 1. The van der Waals surface area contributed by atoms with Crippen molar-refractivity contribution in [1.82, 2.24) is 4.57 Å². The maximum Gasteiger partial charge on any atom is 0.230 e. The van der Waals surface area contributed by atoms with Crippen LogP contribution in [0, 0.1) is 0 Å². The average molecular weight is 400 g/mol. The zero-order valence-electron chi connectivity index (χ0n) is 17.2. The quantitative estimate of drug-likeness (QED) is 0.641. The lowest BCUT2D eigenvalue weighted by molar-refractivity contribution is -0.115. The highest BCUT2D eigenvalue weighted by Gasteiger charge is 2.14. The monoisotopic (exact) mass is 399 g/mol. The SMILES string of the molecule is CCCCc1ccc(NC(=O)Cc2csc(=NC3CCCCC3)n2CC)cc1. The number of thiazole rings is 1. The number of carbonyl (C=O) groups is 1. The number of benzene rings is 1. The van der Waals surface area contributed by atoms with Crippen molar-refractivity contribution in [3.8, 4) is 0 Å². The molecule has 0 bridgehead atoms. The Labute approximate surface area is 172 Å². The molecule has 0 unspecified atom stereocenters.